The van der Waals surface area contributed by atoms with Gasteiger partial charge in [0.25, 0.3) is 0 Å². The molecule has 0 amide bonds. The van der Waals surface area contributed by atoms with Crippen molar-refractivity contribution in [2.45, 2.75) is 25.2 Å². The molecule has 1 aromatic carbocycles. The Labute approximate surface area is 107 Å². The molecule has 90 valence electrons. The topological polar surface area (TPSA) is 24.9 Å². The standard InChI is InChI=1S/C16H16N2/c1-4-12(13-8-10-17-15(13)5-1)14-7-6-11-3-2-9-18-16(11)14/h1-5,9,14,17H,6-8,10H2. The monoisotopic (exact) mass is 236 g/mol. The second-order valence-corrected chi connectivity index (χ2v) is 5.19. The van der Waals surface area contributed by atoms with Crippen LogP contribution in [0.1, 0.15) is 34.7 Å². The van der Waals surface area contributed by atoms with Crippen molar-refractivity contribution in [2.75, 3.05) is 11.9 Å². The average Bonchev–Trinajstić information content (AvgIpc) is 3.05. The molecule has 2 nitrogen and oxygen atoms in total. The van der Waals surface area contributed by atoms with Crippen molar-refractivity contribution in [1.29, 1.82) is 0 Å². The van der Waals surface area contributed by atoms with Crippen molar-refractivity contribution in [3.63, 3.8) is 0 Å². The van der Waals surface area contributed by atoms with E-state index in [9.17, 15) is 0 Å². The molecule has 1 unspecified atom stereocenters. The minimum absolute atomic E-state index is 0.510. The Morgan fingerprint density at radius 1 is 1.11 bits per heavy atom. The normalized spacial score (nSPS) is 20.3. The maximum absolute atomic E-state index is 4.62. The minimum Gasteiger partial charge on any atom is -0.384 e. The molecule has 0 bridgehead atoms. The summed E-state index contributed by atoms with van der Waals surface area (Å²) in [5.74, 6) is 0.510. The molecule has 1 aliphatic carbocycles. The summed E-state index contributed by atoms with van der Waals surface area (Å²) in [7, 11) is 0. The first kappa shape index (κ1) is 10.1. The molecule has 1 N–H and O–H groups in total. The van der Waals surface area contributed by atoms with Gasteiger partial charge < -0.3 is 5.32 Å². The number of nitrogens with one attached hydrogen (secondary N) is 1. The van der Waals surface area contributed by atoms with E-state index in [1.165, 1.54) is 40.9 Å². The van der Waals surface area contributed by atoms with Crippen molar-refractivity contribution in [1.82, 2.24) is 4.98 Å². The minimum atomic E-state index is 0.510. The smallest absolute Gasteiger partial charge is 0.0510 e. The first-order valence-corrected chi connectivity index (χ1v) is 6.73. The summed E-state index contributed by atoms with van der Waals surface area (Å²) in [6.07, 6.45) is 5.47. The molecule has 4 rings (SSSR count). The molecule has 0 radical (unpaired) electrons. The Morgan fingerprint density at radius 3 is 3.11 bits per heavy atom. The number of aryl methyl sites for hydroxylation is 1. The highest BCUT2D eigenvalue weighted by molar-refractivity contribution is 5.60. The van der Waals surface area contributed by atoms with Gasteiger partial charge in [-0.25, -0.2) is 0 Å². The van der Waals surface area contributed by atoms with Gasteiger partial charge in [-0.3, -0.25) is 4.98 Å². The molecule has 18 heavy (non-hydrogen) atoms. The lowest BCUT2D eigenvalue weighted by Crippen LogP contribution is -2.02. The van der Waals surface area contributed by atoms with Gasteiger partial charge in [0.15, 0.2) is 0 Å². The van der Waals surface area contributed by atoms with Crippen molar-refractivity contribution in [3.8, 4) is 0 Å². The van der Waals surface area contributed by atoms with Gasteiger partial charge in [-0.2, -0.15) is 0 Å². The van der Waals surface area contributed by atoms with Crippen LogP contribution in [0.2, 0.25) is 0 Å². The van der Waals surface area contributed by atoms with E-state index < -0.39 is 0 Å². The van der Waals surface area contributed by atoms with E-state index >= 15 is 0 Å². The summed E-state index contributed by atoms with van der Waals surface area (Å²) in [6, 6.07) is 10.9. The zero-order valence-electron chi connectivity index (χ0n) is 10.3. The van der Waals surface area contributed by atoms with E-state index in [-0.39, 0.29) is 0 Å². The fourth-order valence-corrected chi connectivity index (χ4v) is 3.41. The summed E-state index contributed by atoms with van der Waals surface area (Å²) in [4.78, 5) is 4.62. The first-order valence-electron chi connectivity index (χ1n) is 6.73. The van der Waals surface area contributed by atoms with Gasteiger partial charge in [-0.1, -0.05) is 18.2 Å². The zero-order chi connectivity index (χ0) is 11.9. The highest BCUT2D eigenvalue weighted by Crippen LogP contribution is 2.40. The van der Waals surface area contributed by atoms with Gasteiger partial charge in [-0.15, -0.1) is 0 Å². The largest absolute Gasteiger partial charge is 0.384 e. The number of anilines is 1. The predicted octanol–water partition coefficient (Wildman–Crippen LogP) is 3.13. The highest BCUT2D eigenvalue weighted by atomic mass is 14.9. The molecule has 2 aromatic rings. The summed E-state index contributed by atoms with van der Waals surface area (Å²) < 4.78 is 0. The van der Waals surface area contributed by atoms with E-state index in [2.05, 4.69) is 40.6 Å². The maximum Gasteiger partial charge on any atom is 0.0510 e. The highest BCUT2D eigenvalue weighted by Gasteiger charge is 2.28. The molecule has 2 heteroatoms. The predicted molar refractivity (Wildman–Crippen MR) is 73.0 cm³/mol. The second-order valence-electron chi connectivity index (χ2n) is 5.19. The molecular formula is C16H16N2. The van der Waals surface area contributed by atoms with Crippen molar-refractivity contribution >= 4 is 5.69 Å². The van der Waals surface area contributed by atoms with Crippen LogP contribution in [0.5, 0.6) is 0 Å². The van der Waals surface area contributed by atoms with Gasteiger partial charge in [0, 0.05) is 24.3 Å². The third-order valence-corrected chi connectivity index (χ3v) is 4.24. The van der Waals surface area contributed by atoms with E-state index in [4.69, 9.17) is 0 Å². The third kappa shape index (κ3) is 1.38. The Balaban J connectivity index is 1.84. The van der Waals surface area contributed by atoms with Crippen molar-refractivity contribution in [2.24, 2.45) is 0 Å². The van der Waals surface area contributed by atoms with Gasteiger partial charge >= 0.3 is 0 Å². The Morgan fingerprint density at radius 2 is 2.11 bits per heavy atom. The zero-order valence-corrected chi connectivity index (χ0v) is 10.3. The molecule has 0 spiro atoms. The Kier molecular flexibility index (Phi) is 2.16. The van der Waals surface area contributed by atoms with E-state index in [0.29, 0.717) is 5.92 Å². The van der Waals surface area contributed by atoms with Gasteiger partial charge in [0.05, 0.1) is 5.69 Å². The van der Waals surface area contributed by atoms with Crippen LogP contribution < -0.4 is 5.32 Å². The first-order chi connectivity index (χ1) is 8.93. The third-order valence-electron chi connectivity index (χ3n) is 4.24. The van der Waals surface area contributed by atoms with E-state index in [1.54, 1.807) is 0 Å². The fourth-order valence-electron chi connectivity index (χ4n) is 3.41. The number of benzene rings is 1. The summed E-state index contributed by atoms with van der Waals surface area (Å²) in [5.41, 5.74) is 7.08. The maximum atomic E-state index is 4.62. The van der Waals surface area contributed by atoms with Crippen LogP contribution in [-0.2, 0) is 12.8 Å². The van der Waals surface area contributed by atoms with Crippen molar-refractivity contribution < 1.29 is 0 Å². The molecule has 0 saturated heterocycles. The van der Waals surface area contributed by atoms with Crippen LogP contribution in [0.15, 0.2) is 36.5 Å². The molecule has 0 fully saturated rings. The Bertz CT molecular complexity index is 604. The van der Waals surface area contributed by atoms with Gasteiger partial charge in [-0.05, 0) is 48.1 Å². The van der Waals surface area contributed by atoms with Crippen LogP contribution in [-0.4, -0.2) is 11.5 Å². The molecule has 1 aliphatic heterocycles. The second kappa shape index (κ2) is 3.84. The SMILES string of the molecule is c1cnc2c(c1)CCC2c1cccc2c1CCN2. The summed E-state index contributed by atoms with van der Waals surface area (Å²) in [5, 5.41) is 3.47. The number of rotatable bonds is 1. The number of fused-ring (bicyclic) bond motifs is 2. The quantitative estimate of drug-likeness (QED) is 0.823. The number of pyridine rings is 1. The van der Waals surface area contributed by atoms with Crippen LogP contribution in [0.4, 0.5) is 5.69 Å². The Hall–Kier alpha value is -1.83. The van der Waals surface area contributed by atoms with E-state index in [1.807, 2.05) is 6.20 Å². The molecule has 2 aliphatic rings. The van der Waals surface area contributed by atoms with Crippen LogP contribution >= 0.6 is 0 Å². The lowest BCUT2D eigenvalue weighted by atomic mass is 9.91. The van der Waals surface area contributed by atoms with Crippen LogP contribution in [0.3, 0.4) is 0 Å². The average molecular weight is 236 g/mol. The molecular weight excluding hydrogens is 220 g/mol. The van der Waals surface area contributed by atoms with Crippen molar-refractivity contribution in [3.05, 3.63) is 58.9 Å². The number of nitrogens with zero attached hydrogens (tertiary/aromatic N) is 1. The summed E-state index contributed by atoms with van der Waals surface area (Å²) in [6.45, 7) is 1.08. The lowest BCUT2D eigenvalue weighted by molar-refractivity contribution is 0.764. The van der Waals surface area contributed by atoms with E-state index in [0.717, 1.165) is 13.0 Å². The van der Waals surface area contributed by atoms with Gasteiger partial charge in [0.1, 0.15) is 0 Å². The van der Waals surface area contributed by atoms with Gasteiger partial charge in [0.2, 0.25) is 0 Å². The van der Waals surface area contributed by atoms with Crippen LogP contribution in [0, 0.1) is 0 Å². The molecule has 1 atom stereocenters. The molecule has 1 aromatic heterocycles. The fraction of sp³-hybridized carbons (Fsp3) is 0.312. The molecule has 0 saturated carbocycles. The number of hydrogen-bond donors (Lipinski definition) is 1. The lowest BCUT2D eigenvalue weighted by Gasteiger charge is -2.15. The van der Waals surface area contributed by atoms with Crippen LogP contribution in [0.25, 0.3) is 0 Å². The number of aromatic nitrogens is 1. The summed E-state index contributed by atoms with van der Waals surface area (Å²) >= 11 is 0. The molecule has 2 heterocycles. The number of hydrogen-bond acceptors (Lipinski definition) is 2.